The lowest BCUT2D eigenvalue weighted by Gasteiger charge is -2.34. The van der Waals surface area contributed by atoms with Crippen LogP contribution in [0.15, 0.2) is 22.5 Å². The summed E-state index contributed by atoms with van der Waals surface area (Å²) in [4.78, 5) is 9.56. The number of anilines is 1. The van der Waals surface area contributed by atoms with Crippen LogP contribution in [0.3, 0.4) is 0 Å². The molecule has 7 heteroatoms. The third-order valence-corrected chi connectivity index (χ3v) is 6.44. The molecule has 1 aromatic heterocycles. The minimum Gasteiger partial charge on any atom is -0.363 e. The maximum Gasteiger partial charge on any atom is 0.191 e. The van der Waals surface area contributed by atoms with Crippen molar-refractivity contribution in [3.8, 4) is 0 Å². The zero-order valence-corrected chi connectivity index (χ0v) is 20.0. The van der Waals surface area contributed by atoms with Gasteiger partial charge in [-0.25, -0.2) is 0 Å². The summed E-state index contributed by atoms with van der Waals surface area (Å²) in [7, 11) is 1.88. The zero-order valence-electron chi connectivity index (χ0n) is 16.8. The number of halogens is 1. The van der Waals surface area contributed by atoms with Gasteiger partial charge >= 0.3 is 0 Å². The zero-order chi connectivity index (χ0) is 18.2. The first kappa shape index (κ1) is 22.7. The normalized spacial score (nSPS) is 20.8. The summed E-state index contributed by atoms with van der Waals surface area (Å²) >= 11 is 1.84. The number of aliphatic imine (C=N–C) groups is 1. The molecule has 0 saturated carbocycles. The number of thiophene rings is 1. The van der Waals surface area contributed by atoms with E-state index in [-0.39, 0.29) is 24.0 Å². The largest absolute Gasteiger partial charge is 0.363 e. The molecule has 0 spiro atoms. The molecule has 0 radical (unpaired) electrons. The van der Waals surface area contributed by atoms with Gasteiger partial charge in [-0.3, -0.25) is 4.99 Å². The van der Waals surface area contributed by atoms with Crippen molar-refractivity contribution in [1.29, 1.82) is 0 Å². The molecule has 1 aromatic rings. The molecule has 0 aliphatic carbocycles. The summed E-state index contributed by atoms with van der Waals surface area (Å²) in [6.07, 6.45) is 6.48. The first-order valence-corrected chi connectivity index (χ1v) is 11.1. The van der Waals surface area contributed by atoms with Gasteiger partial charge in [0.15, 0.2) is 5.96 Å². The third kappa shape index (κ3) is 7.42. The van der Waals surface area contributed by atoms with Crippen molar-refractivity contribution in [3.05, 3.63) is 17.5 Å². The Kier molecular flexibility index (Phi) is 10.2. The second-order valence-electron chi connectivity index (χ2n) is 7.78. The van der Waals surface area contributed by atoms with Gasteiger partial charge in [0.05, 0.1) is 5.00 Å². The minimum absolute atomic E-state index is 0. The quantitative estimate of drug-likeness (QED) is 0.352. The molecule has 2 aliphatic rings. The van der Waals surface area contributed by atoms with Crippen molar-refractivity contribution < 1.29 is 0 Å². The number of nitrogens with zero attached hydrogens (tertiary/aromatic N) is 3. The van der Waals surface area contributed by atoms with E-state index in [1.807, 2.05) is 18.4 Å². The first-order valence-electron chi connectivity index (χ1n) is 10.2. The van der Waals surface area contributed by atoms with E-state index in [4.69, 9.17) is 0 Å². The second kappa shape index (κ2) is 12.1. The Morgan fingerprint density at radius 1 is 1.22 bits per heavy atom. The van der Waals surface area contributed by atoms with Crippen molar-refractivity contribution in [2.45, 2.75) is 45.1 Å². The van der Waals surface area contributed by atoms with E-state index >= 15 is 0 Å². The highest BCUT2D eigenvalue weighted by Crippen LogP contribution is 2.24. The van der Waals surface area contributed by atoms with Gasteiger partial charge in [0.1, 0.15) is 0 Å². The summed E-state index contributed by atoms with van der Waals surface area (Å²) in [5.74, 6) is 1.61. The molecule has 3 rings (SSSR count). The molecule has 0 aromatic carbocycles. The topological polar surface area (TPSA) is 42.9 Å². The summed E-state index contributed by atoms with van der Waals surface area (Å²) in [5, 5.41) is 10.7. The fourth-order valence-electron chi connectivity index (χ4n) is 4.00. The summed E-state index contributed by atoms with van der Waals surface area (Å²) in [6, 6.07) is 4.89. The van der Waals surface area contributed by atoms with Gasteiger partial charge in [0, 0.05) is 39.3 Å². The van der Waals surface area contributed by atoms with Crippen molar-refractivity contribution in [3.63, 3.8) is 0 Å². The number of rotatable bonds is 6. The Balaban J connectivity index is 0.00000261. The Morgan fingerprint density at radius 2 is 1.96 bits per heavy atom. The van der Waals surface area contributed by atoms with E-state index in [1.165, 1.54) is 56.7 Å². The average Bonchev–Trinajstić information content (AvgIpc) is 3.21. The van der Waals surface area contributed by atoms with Crippen molar-refractivity contribution in [2.24, 2.45) is 10.9 Å². The number of hydrogen-bond donors (Lipinski definition) is 2. The molecule has 2 aliphatic heterocycles. The SMILES string of the molecule is CN=C(NCC(C)CN1CCCCC1)NC1CCN(c2cccs2)CC1.I. The smallest absolute Gasteiger partial charge is 0.191 e. The highest BCUT2D eigenvalue weighted by molar-refractivity contribution is 14.0. The van der Waals surface area contributed by atoms with Gasteiger partial charge in [-0.1, -0.05) is 13.3 Å². The fraction of sp³-hybridized carbons (Fsp3) is 0.750. The molecule has 0 bridgehead atoms. The van der Waals surface area contributed by atoms with Crippen LogP contribution < -0.4 is 15.5 Å². The van der Waals surface area contributed by atoms with E-state index < -0.39 is 0 Å². The lowest BCUT2D eigenvalue weighted by molar-refractivity contribution is 0.201. The Hall–Kier alpha value is -0.540. The molecule has 2 saturated heterocycles. The van der Waals surface area contributed by atoms with Crippen LogP contribution in [0.5, 0.6) is 0 Å². The maximum absolute atomic E-state index is 4.44. The van der Waals surface area contributed by atoms with Crippen LogP contribution in [-0.4, -0.2) is 63.2 Å². The van der Waals surface area contributed by atoms with Crippen LogP contribution in [-0.2, 0) is 0 Å². The number of hydrogen-bond acceptors (Lipinski definition) is 4. The highest BCUT2D eigenvalue weighted by atomic mass is 127. The predicted octanol–water partition coefficient (Wildman–Crippen LogP) is 3.62. The average molecular weight is 506 g/mol. The molecule has 2 fully saturated rings. The molecule has 154 valence electrons. The molecule has 2 N–H and O–H groups in total. The van der Waals surface area contributed by atoms with Crippen LogP contribution in [0, 0.1) is 5.92 Å². The monoisotopic (exact) mass is 505 g/mol. The van der Waals surface area contributed by atoms with Gasteiger partial charge in [0.2, 0.25) is 0 Å². The van der Waals surface area contributed by atoms with Gasteiger partial charge < -0.3 is 20.4 Å². The van der Waals surface area contributed by atoms with Crippen molar-refractivity contribution in [1.82, 2.24) is 15.5 Å². The van der Waals surface area contributed by atoms with Crippen LogP contribution in [0.1, 0.15) is 39.0 Å². The maximum atomic E-state index is 4.44. The van der Waals surface area contributed by atoms with Gasteiger partial charge in [-0.05, 0) is 62.2 Å². The van der Waals surface area contributed by atoms with Gasteiger partial charge in [0.25, 0.3) is 0 Å². The standard InChI is InChI=1S/C20H35N5S.HI/c1-17(16-24-10-4-3-5-11-24)15-22-20(21-2)23-18-8-12-25(13-9-18)19-7-6-14-26-19;/h6-7,14,17-18H,3-5,8-13,15-16H2,1-2H3,(H2,21,22,23);1H. The summed E-state index contributed by atoms with van der Waals surface area (Å²) < 4.78 is 0. The molecule has 1 atom stereocenters. The van der Waals surface area contributed by atoms with Crippen LogP contribution >= 0.6 is 35.3 Å². The molecule has 1 unspecified atom stereocenters. The fourth-order valence-corrected chi connectivity index (χ4v) is 4.79. The molecule has 27 heavy (non-hydrogen) atoms. The molecular weight excluding hydrogens is 469 g/mol. The first-order chi connectivity index (χ1) is 12.7. The Morgan fingerprint density at radius 3 is 2.59 bits per heavy atom. The Labute approximate surface area is 186 Å². The molecule has 3 heterocycles. The molecule has 0 amide bonds. The van der Waals surface area contributed by atoms with Gasteiger partial charge in [-0.15, -0.1) is 35.3 Å². The molecule has 5 nitrogen and oxygen atoms in total. The highest BCUT2D eigenvalue weighted by Gasteiger charge is 2.21. The number of piperidine rings is 2. The van der Waals surface area contributed by atoms with E-state index in [0.29, 0.717) is 12.0 Å². The van der Waals surface area contributed by atoms with E-state index in [2.05, 4.69) is 49.9 Å². The van der Waals surface area contributed by atoms with E-state index in [1.54, 1.807) is 0 Å². The van der Waals surface area contributed by atoms with E-state index in [9.17, 15) is 0 Å². The third-order valence-electron chi connectivity index (χ3n) is 5.51. The number of guanidine groups is 1. The second-order valence-corrected chi connectivity index (χ2v) is 8.70. The minimum atomic E-state index is 0. The lowest BCUT2D eigenvalue weighted by atomic mass is 10.1. The Bertz CT molecular complexity index is 537. The number of likely N-dealkylation sites (tertiary alicyclic amines) is 1. The van der Waals surface area contributed by atoms with Crippen LogP contribution in [0.2, 0.25) is 0 Å². The summed E-state index contributed by atoms with van der Waals surface area (Å²) in [6.45, 7) is 9.34. The lowest BCUT2D eigenvalue weighted by Crippen LogP contribution is -2.49. The number of nitrogens with one attached hydrogen (secondary N) is 2. The van der Waals surface area contributed by atoms with Crippen LogP contribution in [0.25, 0.3) is 0 Å². The summed E-state index contributed by atoms with van der Waals surface area (Å²) in [5.41, 5.74) is 0. The van der Waals surface area contributed by atoms with Crippen molar-refractivity contribution >= 4 is 46.3 Å². The molecular formula is C20H36IN5S. The van der Waals surface area contributed by atoms with E-state index in [0.717, 1.165) is 25.6 Å². The predicted molar refractivity (Wildman–Crippen MR) is 129 cm³/mol. The van der Waals surface area contributed by atoms with Gasteiger partial charge in [-0.2, -0.15) is 0 Å². The van der Waals surface area contributed by atoms with Crippen LogP contribution in [0.4, 0.5) is 5.00 Å². The van der Waals surface area contributed by atoms with Crippen molar-refractivity contribution in [2.75, 3.05) is 51.2 Å².